The molecular weight excluding hydrogens is 313 g/mol. The second kappa shape index (κ2) is 6.41. The Morgan fingerprint density at radius 3 is 2.73 bits per heavy atom. The predicted octanol–water partition coefficient (Wildman–Crippen LogP) is 0.158. The Labute approximate surface area is 125 Å². The molecule has 0 saturated carbocycles. The van der Waals surface area contributed by atoms with Crippen LogP contribution in [0.3, 0.4) is 0 Å². The number of aromatic amines is 1. The molecule has 0 bridgehead atoms. The zero-order chi connectivity index (χ0) is 16.3. The lowest BCUT2D eigenvalue weighted by Gasteiger charge is -2.10. The van der Waals surface area contributed by atoms with E-state index in [4.69, 9.17) is 0 Å². The second-order valence-corrected chi connectivity index (χ2v) is 6.71. The molecule has 0 saturated heterocycles. The molecule has 9 heteroatoms. The molecule has 0 amide bonds. The third kappa shape index (κ3) is 3.60. The van der Waals surface area contributed by atoms with Crippen LogP contribution in [0.2, 0.25) is 0 Å². The van der Waals surface area contributed by atoms with Crippen molar-refractivity contribution >= 4 is 21.1 Å². The number of H-pyrrole nitrogens is 1. The van der Waals surface area contributed by atoms with E-state index in [1.807, 2.05) is 0 Å². The van der Waals surface area contributed by atoms with Crippen LogP contribution in [0.15, 0.2) is 27.8 Å². The van der Waals surface area contributed by atoms with E-state index < -0.39 is 27.0 Å². The van der Waals surface area contributed by atoms with Crippen LogP contribution >= 0.6 is 0 Å². The van der Waals surface area contributed by atoms with Crippen molar-refractivity contribution in [3.8, 4) is 0 Å². The fourth-order valence-corrected chi connectivity index (χ4v) is 3.21. The van der Waals surface area contributed by atoms with Crippen molar-refractivity contribution in [1.29, 1.82) is 0 Å². The van der Waals surface area contributed by atoms with Crippen LogP contribution in [0.1, 0.15) is 13.3 Å². The van der Waals surface area contributed by atoms with Gasteiger partial charge in [0.2, 0.25) is 10.0 Å². The molecule has 0 aliphatic carbocycles. The van der Waals surface area contributed by atoms with Gasteiger partial charge in [-0.15, -0.1) is 0 Å². The number of benzene rings is 1. The van der Waals surface area contributed by atoms with Crippen LogP contribution in [0, 0.1) is 5.82 Å². The number of nitrogens with zero attached hydrogens (tertiary/aromatic N) is 1. The highest BCUT2D eigenvalue weighted by molar-refractivity contribution is 7.89. The van der Waals surface area contributed by atoms with Gasteiger partial charge in [0.05, 0.1) is 16.8 Å². The number of nitrogens with one attached hydrogen (secondary N) is 2. The van der Waals surface area contributed by atoms with Crippen molar-refractivity contribution in [2.24, 2.45) is 0 Å². The fraction of sp³-hybridized carbons (Fsp3) is 0.385. The first-order chi connectivity index (χ1) is 10.3. The molecule has 0 aliphatic heterocycles. The van der Waals surface area contributed by atoms with E-state index in [9.17, 15) is 22.4 Å². The number of fused-ring (bicyclic) bond motifs is 1. The Balaban J connectivity index is 2.33. The third-order valence-electron chi connectivity index (χ3n) is 3.07. The highest BCUT2D eigenvalue weighted by Gasteiger charge is 2.11. The lowest BCUT2D eigenvalue weighted by Crippen LogP contribution is -2.39. The Hall–Kier alpha value is -2.00. The summed E-state index contributed by atoms with van der Waals surface area (Å²) < 4.78 is 39.8. The van der Waals surface area contributed by atoms with Crippen LogP contribution in [-0.2, 0) is 16.6 Å². The molecule has 0 aliphatic rings. The molecule has 22 heavy (non-hydrogen) atoms. The van der Waals surface area contributed by atoms with Gasteiger partial charge in [-0.1, -0.05) is 6.92 Å². The van der Waals surface area contributed by atoms with Gasteiger partial charge in [0.15, 0.2) is 0 Å². The topological polar surface area (TPSA) is 101 Å². The van der Waals surface area contributed by atoms with Gasteiger partial charge in [-0.05, 0) is 24.6 Å². The van der Waals surface area contributed by atoms with Gasteiger partial charge in [-0.25, -0.2) is 17.5 Å². The van der Waals surface area contributed by atoms with Gasteiger partial charge >= 0.3 is 11.1 Å². The molecule has 0 atom stereocenters. The number of rotatable bonds is 6. The second-order valence-electron chi connectivity index (χ2n) is 4.79. The first kappa shape index (κ1) is 16.4. The quantitative estimate of drug-likeness (QED) is 0.737. The predicted molar refractivity (Wildman–Crippen MR) is 80.9 cm³/mol. The monoisotopic (exact) mass is 329 g/mol. The van der Waals surface area contributed by atoms with E-state index >= 15 is 0 Å². The molecule has 0 unspecified atom stereocenters. The van der Waals surface area contributed by atoms with Crippen LogP contribution in [0.5, 0.6) is 0 Å². The summed E-state index contributed by atoms with van der Waals surface area (Å²) in [5.41, 5.74) is -1.18. The lowest BCUT2D eigenvalue weighted by molar-refractivity contribution is 0.571. The van der Waals surface area contributed by atoms with Crippen LogP contribution in [0.4, 0.5) is 4.39 Å². The molecule has 1 heterocycles. The van der Waals surface area contributed by atoms with E-state index in [2.05, 4.69) is 9.71 Å². The van der Waals surface area contributed by atoms with Crippen molar-refractivity contribution < 1.29 is 12.8 Å². The molecule has 1 aromatic carbocycles. The first-order valence-corrected chi connectivity index (χ1v) is 8.39. The maximum atomic E-state index is 13.2. The van der Waals surface area contributed by atoms with Gasteiger partial charge in [-0.2, -0.15) is 0 Å². The average Bonchev–Trinajstić information content (AvgIpc) is 2.42. The van der Waals surface area contributed by atoms with E-state index in [0.717, 1.165) is 16.7 Å². The van der Waals surface area contributed by atoms with Crippen molar-refractivity contribution in [1.82, 2.24) is 14.3 Å². The maximum absolute atomic E-state index is 13.2. The van der Waals surface area contributed by atoms with Gasteiger partial charge in [-0.3, -0.25) is 9.59 Å². The zero-order valence-electron chi connectivity index (χ0n) is 11.9. The van der Waals surface area contributed by atoms with Crippen molar-refractivity contribution in [3.63, 3.8) is 0 Å². The molecule has 120 valence electrons. The SMILES string of the molecule is CCCS(=O)(=O)NCCn1c(=O)c(=O)[nH]c2cc(F)ccc21. The van der Waals surface area contributed by atoms with Gasteiger partial charge in [0.25, 0.3) is 0 Å². The first-order valence-electron chi connectivity index (χ1n) is 6.74. The van der Waals surface area contributed by atoms with Gasteiger partial charge in [0, 0.05) is 13.1 Å². The summed E-state index contributed by atoms with van der Waals surface area (Å²) >= 11 is 0. The molecule has 7 nitrogen and oxygen atoms in total. The average molecular weight is 329 g/mol. The summed E-state index contributed by atoms with van der Waals surface area (Å²) in [5.74, 6) is -0.555. The minimum atomic E-state index is -3.40. The van der Waals surface area contributed by atoms with Crippen LogP contribution < -0.4 is 15.8 Å². The van der Waals surface area contributed by atoms with Crippen LogP contribution in [-0.4, -0.2) is 30.3 Å². The smallest absolute Gasteiger partial charge is 0.316 e. The standard InChI is InChI=1S/C13H16FN3O4S/c1-2-7-22(20,21)15-5-6-17-11-4-3-9(14)8-10(11)16-12(18)13(17)19/h3-4,8,15H,2,5-7H2,1H3,(H,16,18). The lowest BCUT2D eigenvalue weighted by atomic mass is 10.3. The van der Waals surface area contributed by atoms with Gasteiger partial charge < -0.3 is 9.55 Å². The number of halogens is 1. The van der Waals surface area contributed by atoms with Gasteiger partial charge in [0.1, 0.15) is 5.82 Å². The Kier molecular flexibility index (Phi) is 4.77. The summed E-state index contributed by atoms with van der Waals surface area (Å²) in [5, 5.41) is 0. The summed E-state index contributed by atoms with van der Waals surface area (Å²) in [4.78, 5) is 25.8. The summed E-state index contributed by atoms with van der Waals surface area (Å²) in [6, 6.07) is 3.63. The zero-order valence-corrected chi connectivity index (χ0v) is 12.7. The Morgan fingerprint density at radius 2 is 2.05 bits per heavy atom. The molecule has 0 spiro atoms. The van der Waals surface area contributed by atoms with Crippen molar-refractivity contribution in [2.45, 2.75) is 19.9 Å². The Morgan fingerprint density at radius 1 is 1.32 bits per heavy atom. The molecular formula is C13H16FN3O4S. The van der Waals surface area contributed by atoms with Crippen molar-refractivity contribution in [2.75, 3.05) is 12.3 Å². The fourth-order valence-electron chi connectivity index (χ4n) is 2.13. The number of hydrogen-bond acceptors (Lipinski definition) is 4. The number of aromatic nitrogens is 2. The highest BCUT2D eigenvalue weighted by atomic mass is 32.2. The largest absolute Gasteiger partial charge is 0.316 e. The number of sulfonamides is 1. The molecule has 2 aromatic rings. The molecule has 0 fully saturated rings. The van der Waals surface area contributed by atoms with E-state index in [-0.39, 0.29) is 24.4 Å². The minimum Gasteiger partial charge on any atom is -0.316 e. The minimum absolute atomic E-state index is 0.0107. The molecule has 0 radical (unpaired) electrons. The Bertz CT molecular complexity index is 902. The van der Waals surface area contributed by atoms with E-state index in [0.29, 0.717) is 11.9 Å². The van der Waals surface area contributed by atoms with Crippen LogP contribution in [0.25, 0.3) is 11.0 Å². The number of hydrogen-bond donors (Lipinski definition) is 2. The molecule has 2 rings (SSSR count). The molecule has 1 aromatic heterocycles. The van der Waals surface area contributed by atoms with Crippen molar-refractivity contribution in [3.05, 3.63) is 44.7 Å². The summed E-state index contributed by atoms with van der Waals surface area (Å²) in [6.45, 7) is 1.69. The normalized spacial score (nSPS) is 11.9. The van der Waals surface area contributed by atoms with E-state index in [1.165, 1.54) is 6.07 Å². The third-order valence-corrected chi connectivity index (χ3v) is 4.66. The summed E-state index contributed by atoms with van der Waals surface area (Å²) in [6.07, 6.45) is 0.475. The maximum Gasteiger partial charge on any atom is 0.316 e. The highest BCUT2D eigenvalue weighted by Crippen LogP contribution is 2.10. The summed E-state index contributed by atoms with van der Waals surface area (Å²) in [7, 11) is -3.40. The van der Waals surface area contributed by atoms with E-state index in [1.54, 1.807) is 6.92 Å². The molecule has 2 N–H and O–H groups in total.